The number of aromatic nitrogens is 1. The fraction of sp³-hybridized carbons (Fsp3) is 0.0714. The minimum atomic E-state index is -0.273. The molecule has 2 aromatic heterocycles. The summed E-state index contributed by atoms with van der Waals surface area (Å²) in [6, 6.07) is 27.6. The number of fused-ring (bicyclic) bond motifs is 1. The Morgan fingerprint density at radius 2 is 1.71 bits per heavy atom. The summed E-state index contributed by atoms with van der Waals surface area (Å²) in [5.74, 6) is 0.391. The van der Waals surface area contributed by atoms with E-state index >= 15 is 0 Å². The number of aryl methyl sites for hydroxylation is 1. The van der Waals surface area contributed by atoms with Gasteiger partial charge in [0.15, 0.2) is 0 Å². The molecule has 0 fully saturated rings. The molecule has 0 radical (unpaired) electrons. The Balaban J connectivity index is 1.65. The average Bonchev–Trinajstić information content (AvgIpc) is 3.21. The van der Waals surface area contributed by atoms with Gasteiger partial charge in [0.25, 0.3) is 5.91 Å². The van der Waals surface area contributed by atoms with Crippen molar-refractivity contribution in [3.05, 3.63) is 95.4 Å². The second-order valence-corrected chi connectivity index (χ2v) is 9.00. The molecule has 2 heterocycles. The molecule has 168 valence electrons. The zero-order valence-electron chi connectivity index (χ0n) is 18.8. The highest BCUT2D eigenvalue weighted by atomic mass is 32.1. The van der Waals surface area contributed by atoms with Gasteiger partial charge in [-0.1, -0.05) is 66.2 Å². The summed E-state index contributed by atoms with van der Waals surface area (Å²) >= 11 is 1.30. The topological polar surface area (TPSA) is 77.2 Å². The van der Waals surface area contributed by atoms with Gasteiger partial charge in [-0.25, -0.2) is 4.98 Å². The maximum Gasteiger partial charge on any atom is 0.267 e. The molecule has 0 saturated heterocycles. The predicted octanol–water partition coefficient (Wildman–Crippen LogP) is 6.78. The van der Waals surface area contributed by atoms with E-state index in [1.807, 2.05) is 48.5 Å². The zero-order valence-corrected chi connectivity index (χ0v) is 19.6. The van der Waals surface area contributed by atoms with Crippen LogP contribution >= 0.6 is 11.3 Å². The molecule has 6 heteroatoms. The van der Waals surface area contributed by atoms with E-state index in [0.29, 0.717) is 22.0 Å². The largest absolute Gasteiger partial charge is 0.497 e. The number of carbonyl (C=O) groups excluding carboxylic acids is 1. The molecule has 1 amide bonds. The number of hydrogen-bond donors (Lipinski definition) is 2. The minimum Gasteiger partial charge on any atom is -0.497 e. The molecule has 0 atom stereocenters. The van der Waals surface area contributed by atoms with Crippen molar-refractivity contribution in [3.8, 4) is 28.1 Å². The van der Waals surface area contributed by atoms with Gasteiger partial charge in [-0.15, -0.1) is 11.3 Å². The lowest BCUT2D eigenvalue weighted by Crippen LogP contribution is -2.12. The fourth-order valence-corrected chi connectivity index (χ4v) is 4.91. The van der Waals surface area contributed by atoms with Crippen molar-refractivity contribution in [3.63, 3.8) is 0 Å². The van der Waals surface area contributed by atoms with Gasteiger partial charge in [0.2, 0.25) is 0 Å². The Labute approximate surface area is 201 Å². The van der Waals surface area contributed by atoms with Crippen LogP contribution in [0.25, 0.3) is 32.6 Å². The molecule has 0 saturated carbocycles. The summed E-state index contributed by atoms with van der Waals surface area (Å²) in [7, 11) is 1.59. The number of nitrogens with zero attached hydrogens (tertiary/aromatic N) is 1. The molecule has 3 N–H and O–H groups in total. The van der Waals surface area contributed by atoms with Gasteiger partial charge >= 0.3 is 0 Å². The highest BCUT2D eigenvalue weighted by Crippen LogP contribution is 2.41. The lowest BCUT2D eigenvalue weighted by atomic mass is 9.99. The monoisotopic (exact) mass is 465 g/mol. The number of amides is 1. The number of hydrogen-bond acceptors (Lipinski definition) is 5. The first kappa shape index (κ1) is 21.7. The molecule has 0 aliphatic rings. The Morgan fingerprint density at radius 1 is 0.941 bits per heavy atom. The van der Waals surface area contributed by atoms with Crippen LogP contribution in [0.1, 0.15) is 15.2 Å². The van der Waals surface area contributed by atoms with Gasteiger partial charge in [0.05, 0.1) is 18.5 Å². The predicted molar refractivity (Wildman–Crippen MR) is 141 cm³/mol. The van der Waals surface area contributed by atoms with E-state index in [9.17, 15) is 4.79 Å². The number of carbonyl (C=O) groups is 1. The number of benzene rings is 3. The molecule has 0 aliphatic heterocycles. The van der Waals surface area contributed by atoms with E-state index in [1.165, 1.54) is 16.9 Å². The number of nitrogen functional groups attached to an aromatic ring is 1. The van der Waals surface area contributed by atoms with E-state index in [2.05, 4.69) is 42.6 Å². The van der Waals surface area contributed by atoms with E-state index in [4.69, 9.17) is 15.5 Å². The SMILES string of the molecule is COc1cccc(NC(=O)c2sc3nc(-c4ccccc4)cc(-c4ccc(C)cc4)c3c2N)c1. The smallest absolute Gasteiger partial charge is 0.267 e. The van der Waals surface area contributed by atoms with Gasteiger partial charge in [0, 0.05) is 22.7 Å². The van der Waals surface area contributed by atoms with Crippen LogP contribution in [0.3, 0.4) is 0 Å². The second-order valence-electron chi connectivity index (χ2n) is 8.00. The van der Waals surface area contributed by atoms with Crippen LogP contribution < -0.4 is 15.8 Å². The third kappa shape index (κ3) is 4.11. The van der Waals surface area contributed by atoms with E-state index in [-0.39, 0.29) is 5.91 Å². The molecule has 5 aromatic rings. The van der Waals surface area contributed by atoms with Crippen LogP contribution in [0.15, 0.2) is 84.9 Å². The van der Waals surface area contributed by atoms with Crippen molar-refractivity contribution in [2.24, 2.45) is 0 Å². The van der Waals surface area contributed by atoms with E-state index in [1.54, 1.807) is 13.2 Å². The third-order valence-corrected chi connectivity index (χ3v) is 6.76. The first-order valence-corrected chi connectivity index (χ1v) is 11.7. The zero-order chi connectivity index (χ0) is 23.7. The normalized spacial score (nSPS) is 10.9. The van der Waals surface area contributed by atoms with Crippen molar-refractivity contribution in [2.45, 2.75) is 6.92 Å². The number of nitrogens with one attached hydrogen (secondary N) is 1. The van der Waals surface area contributed by atoms with Gasteiger partial charge in [0.1, 0.15) is 15.5 Å². The van der Waals surface area contributed by atoms with Crippen LogP contribution in [-0.2, 0) is 0 Å². The maximum atomic E-state index is 13.2. The molecule has 0 bridgehead atoms. The van der Waals surface area contributed by atoms with Crippen molar-refractivity contribution >= 4 is 38.8 Å². The molecule has 5 rings (SSSR count). The van der Waals surface area contributed by atoms with E-state index in [0.717, 1.165) is 32.6 Å². The quantitative estimate of drug-likeness (QED) is 0.300. The molecule has 0 spiro atoms. The van der Waals surface area contributed by atoms with Crippen LogP contribution in [-0.4, -0.2) is 18.0 Å². The minimum absolute atomic E-state index is 0.273. The van der Waals surface area contributed by atoms with Crippen LogP contribution in [0.4, 0.5) is 11.4 Å². The highest BCUT2D eigenvalue weighted by molar-refractivity contribution is 7.21. The molecule has 0 unspecified atom stereocenters. The molecule has 0 aliphatic carbocycles. The van der Waals surface area contributed by atoms with Gasteiger partial charge in [-0.3, -0.25) is 4.79 Å². The van der Waals surface area contributed by atoms with Gasteiger partial charge in [-0.05, 0) is 36.2 Å². The summed E-state index contributed by atoms with van der Waals surface area (Å²) in [6.45, 7) is 2.06. The first-order valence-electron chi connectivity index (χ1n) is 10.8. The van der Waals surface area contributed by atoms with Gasteiger partial charge < -0.3 is 15.8 Å². The van der Waals surface area contributed by atoms with Crippen LogP contribution in [0.2, 0.25) is 0 Å². The summed E-state index contributed by atoms with van der Waals surface area (Å²) in [5, 5.41) is 3.73. The van der Waals surface area contributed by atoms with Gasteiger partial charge in [-0.2, -0.15) is 0 Å². The van der Waals surface area contributed by atoms with Crippen LogP contribution in [0, 0.1) is 6.92 Å². The molecule has 3 aromatic carbocycles. The number of nitrogens with two attached hydrogens (primary N) is 1. The standard InChI is InChI=1S/C28H23N3O2S/c1-17-11-13-18(14-12-17)22-16-23(19-7-4-3-5-8-19)31-28-24(22)25(29)26(34-28)27(32)30-20-9-6-10-21(15-20)33-2/h3-16H,29H2,1-2H3,(H,30,32). The fourth-order valence-electron chi connectivity index (χ4n) is 3.90. The number of methoxy groups -OCH3 is 1. The van der Waals surface area contributed by atoms with Crippen molar-refractivity contribution in [1.82, 2.24) is 4.98 Å². The Kier molecular flexibility index (Phi) is 5.74. The van der Waals surface area contributed by atoms with Crippen LogP contribution in [0.5, 0.6) is 5.75 Å². The van der Waals surface area contributed by atoms with Crippen molar-refractivity contribution < 1.29 is 9.53 Å². The summed E-state index contributed by atoms with van der Waals surface area (Å²) < 4.78 is 5.26. The Morgan fingerprint density at radius 3 is 2.44 bits per heavy atom. The highest BCUT2D eigenvalue weighted by Gasteiger charge is 2.22. The number of pyridine rings is 1. The number of ether oxygens (including phenoxy) is 1. The summed E-state index contributed by atoms with van der Waals surface area (Å²) in [6.07, 6.45) is 0. The Bertz CT molecular complexity index is 1490. The lowest BCUT2D eigenvalue weighted by molar-refractivity contribution is 0.103. The first-order chi connectivity index (χ1) is 16.5. The van der Waals surface area contributed by atoms with E-state index < -0.39 is 0 Å². The number of thiophene rings is 1. The Hall–Kier alpha value is -4.16. The second kappa shape index (κ2) is 9.00. The average molecular weight is 466 g/mol. The number of anilines is 2. The number of rotatable bonds is 5. The third-order valence-electron chi connectivity index (χ3n) is 5.66. The maximum absolute atomic E-state index is 13.2. The summed E-state index contributed by atoms with van der Waals surface area (Å²) in [5.41, 5.74) is 12.7. The molecular formula is C28H23N3O2S. The lowest BCUT2D eigenvalue weighted by Gasteiger charge is -2.09. The summed E-state index contributed by atoms with van der Waals surface area (Å²) in [4.78, 5) is 19.2. The van der Waals surface area contributed by atoms with Crippen molar-refractivity contribution in [1.29, 1.82) is 0 Å². The molecule has 34 heavy (non-hydrogen) atoms. The molecule has 5 nitrogen and oxygen atoms in total. The van der Waals surface area contributed by atoms with Crippen molar-refractivity contribution in [2.75, 3.05) is 18.2 Å². The molecular weight excluding hydrogens is 442 g/mol.